The van der Waals surface area contributed by atoms with Crippen LogP contribution in [0.1, 0.15) is 92.7 Å². The molecule has 4 rings (SSSR count). The van der Waals surface area contributed by atoms with Crippen molar-refractivity contribution in [2.45, 2.75) is 79.3 Å². The first-order valence-corrected chi connectivity index (χ1v) is 8.84. The van der Waals surface area contributed by atoms with Crippen molar-refractivity contribution < 1.29 is 14.4 Å². The Morgan fingerprint density at radius 3 is 2.03 bits per heavy atom. The van der Waals surface area contributed by atoms with Crippen LogP contribution < -0.4 is 10.6 Å². The van der Waals surface area contributed by atoms with Crippen molar-refractivity contribution in [2.24, 2.45) is 0 Å². The summed E-state index contributed by atoms with van der Waals surface area (Å²) >= 11 is 0. The molecule has 2 heterocycles. The summed E-state index contributed by atoms with van der Waals surface area (Å²) in [5.74, 6) is -0.289. The number of carbonyl (C=O) groups is 3. The van der Waals surface area contributed by atoms with Crippen LogP contribution in [0.2, 0.25) is 0 Å². The Labute approximate surface area is 215 Å². The second-order valence-electron chi connectivity index (χ2n) is 6.61. The van der Waals surface area contributed by atoms with Gasteiger partial charge in [0.25, 0.3) is 5.91 Å². The number of nitrogens with zero attached hydrogens (tertiary/aromatic N) is 1. The molecule has 6 nitrogen and oxygen atoms in total. The fourth-order valence-corrected chi connectivity index (χ4v) is 3.57. The summed E-state index contributed by atoms with van der Waals surface area (Å²) in [4.78, 5) is 36.3. The van der Waals surface area contributed by atoms with Gasteiger partial charge in [-0.1, -0.05) is 77.6 Å². The van der Waals surface area contributed by atoms with Gasteiger partial charge in [-0.05, 0) is 37.3 Å². The zero-order valence-corrected chi connectivity index (χ0v) is 14.9. The number of benzene rings is 2. The number of para-hydroxylation sites is 1. The molecule has 3 aromatic rings. The number of hydrogen-bond donors (Lipinski definition) is 2. The van der Waals surface area contributed by atoms with Crippen LogP contribution in [0, 0.1) is 0 Å². The maximum atomic E-state index is 12.6. The highest BCUT2D eigenvalue weighted by molar-refractivity contribution is 6.09. The van der Waals surface area contributed by atoms with Gasteiger partial charge in [0.1, 0.15) is 6.54 Å². The van der Waals surface area contributed by atoms with Crippen molar-refractivity contribution >= 4 is 34.2 Å². The average Bonchev–Trinajstić information content (AvgIpc) is 2.97. The van der Waals surface area contributed by atoms with Gasteiger partial charge in [-0.25, -0.2) is 0 Å². The summed E-state index contributed by atoms with van der Waals surface area (Å²) in [6.07, 6.45) is 0.691. The molecule has 1 aliphatic heterocycles. The van der Waals surface area contributed by atoms with Crippen LogP contribution in [0.15, 0.2) is 48.5 Å². The molecule has 0 saturated heterocycles. The van der Waals surface area contributed by atoms with E-state index in [2.05, 4.69) is 10.6 Å². The summed E-state index contributed by atoms with van der Waals surface area (Å²) in [6, 6.07) is 14.4. The molecule has 200 valence electrons. The molecule has 2 N–H and O–H groups in total. The first-order chi connectivity index (χ1) is 13.0. The molecule has 1 aliphatic rings. The molecule has 0 spiro atoms. The molecule has 0 radical (unpaired) electrons. The fraction of sp³-hybridized carbons (Fsp3) is 0.414. The number of amides is 2. The van der Waals surface area contributed by atoms with Crippen molar-refractivity contribution in [1.29, 1.82) is 0 Å². The van der Waals surface area contributed by atoms with E-state index in [1.165, 1.54) is 6.92 Å². The van der Waals surface area contributed by atoms with E-state index in [4.69, 9.17) is 0 Å². The molecule has 35 heavy (non-hydrogen) atoms. The number of ketones is 1. The van der Waals surface area contributed by atoms with Gasteiger partial charge < -0.3 is 15.2 Å². The van der Waals surface area contributed by atoms with Gasteiger partial charge in [0, 0.05) is 40.8 Å². The SMILES string of the molecule is C.C.C.C.C.C.C.C.CC(=O)c1ccc(NC(=O)Cn2c3c(c4ccccc42)C(=O)NCC3)cc1. The van der Waals surface area contributed by atoms with Crippen molar-refractivity contribution in [3.63, 3.8) is 0 Å². The van der Waals surface area contributed by atoms with E-state index in [-0.39, 0.29) is 83.6 Å². The monoisotopic (exact) mass is 489 g/mol. The molecule has 6 heteroatoms. The maximum Gasteiger partial charge on any atom is 0.253 e. The molecule has 0 fully saturated rings. The molecule has 0 saturated carbocycles. The van der Waals surface area contributed by atoms with Gasteiger partial charge in [-0.2, -0.15) is 0 Å². The van der Waals surface area contributed by atoms with Crippen molar-refractivity contribution in [1.82, 2.24) is 9.88 Å². The quantitative estimate of drug-likeness (QED) is 0.366. The van der Waals surface area contributed by atoms with Crippen LogP contribution in [0.4, 0.5) is 5.69 Å². The lowest BCUT2D eigenvalue weighted by Gasteiger charge is -2.16. The minimum Gasteiger partial charge on any atom is -0.352 e. The van der Waals surface area contributed by atoms with Crippen LogP contribution >= 0.6 is 0 Å². The van der Waals surface area contributed by atoms with Gasteiger partial charge in [-0.3, -0.25) is 14.4 Å². The maximum absolute atomic E-state index is 12.6. The van der Waals surface area contributed by atoms with E-state index in [0.717, 1.165) is 16.6 Å². The lowest BCUT2D eigenvalue weighted by molar-refractivity contribution is -0.116. The molecular formula is C29H51N3O3. The number of Topliss-reactive ketones (excluding diaryl/α,β-unsaturated/α-hetero) is 1. The average molecular weight is 490 g/mol. The molecule has 0 bridgehead atoms. The zero-order valence-electron chi connectivity index (χ0n) is 14.9. The molecule has 0 atom stereocenters. The summed E-state index contributed by atoms with van der Waals surface area (Å²) < 4.78 is 1.92. The number of anilines is 1. The standard InChI is InChI=1S/C21H19N3O3.8CH4/c1-13(25)14-6-8-15(9-7-14)23-19(26)12-24-17-5-3-2-4-16(17)20-18(24)10-11-22-21(20)27;;;;;;;;/h2-9H,10-12H2,1H3,(H,22,27)(H,23,26);8*1H4. The predicted molar refractivity (Wildman–Crippen MR) is 157 cm³/mol. The smallest absolute Gasteiger partial charge is 0.253 e. The van der Waals surface area contributed by atoms with E-state index in [0.29, 0.717) is 29.8 Å². The minimum absolute atomic E-state index is 0. The molecule has 0 aliphatic carbocycles. The van der Waals surface area contributed by atoms with E-state index in [9.17, 15) is 14.4 Å². The van der Waals surface area contributed by atoms with Crippen LogP contribution in [-0.2, 0) is 17.8 Å². The summed E-state index contributed by atoms with van der Waals surface area (Å²) in [6.45, 7) is 2.19. The van der Waals surface area contributed by atoms with Crippen LogP contribution in [0.5, 0.6) is 0 Å². The predicted octanol–water partition coefficient (Wildman–Crippen LogP) is 7.86. The Morgan fingerprint density at radius 2 is 1.46 bits per heavy atom. The van der Waals surface area contributed by atoms with Crippen LogP contribution in [0.3, 0.4) is 0 Å². The number of nitrogens with one attached hydrogen (secondary N) is 2. The Balaban J connectivity index is -0.000000375. The molecule has 2 aromatic carbocycles. The van der Waals surface area contributed by atoms with Gasteiger partial charge in [0.05, 0.1) is 5.56 Å². The van der Waals surface area contributed by atoms with Crippen molar-refractivity contribution in [2.75, 3.05) is 11.9 Å². The minimum atomic E-state index is -0.180. The normalized spacial score (nSPS) is 10.1. The first kappa shape index (κ1) is 41.8. The fourth-order valence-electron chi connectivity index (χ4n) is 3.57. The largest absolute Gasteiger partial charge is 0.352 e. The van der Waals surface area contributed by atoms with E-state index >= 15 is 0 Å². The van der Waals surface area contributed by atoms with Crippen LogP contribution in [-0.4, -0.2) is 28.7 Å². The summed E-state index contributed by atoms with van der Waals surface area (Å²) in [5, 5.41) is 6.59. The Kier molecular flexibility index (Phi) is 20.4. The highest BCUT2D eigenvalue weighted by Gasteiger charge is 2.26. The Bertz CT molecular complexity index is 1070. The highest BCUT2D eigenvalue weighted by atomic mass is 16.2. The Morgan fingerprint density at radius 1 is 0.886 bits per heavy atom. The van der Waals surface area contributed by atoms with Gasteiger partial charge in [-0.15, -0.1) is 0 Å². The second-order valence-corrected chi connectivity index (χ2v) is 6.61. The lowest BCUT2D eigenvalue weighted by Crippen LogP contribution is -2.33. The number of hydrogen-bond acceptors (Lipinski definition) is 3. The van der Waals surface area contributed by atoms with Gasteiger partial charge in [0.15, 0.2) is 5.78 Å². The number of aromatic nitrogens is 1. The van der Waals surface area contributed by atoms with Crippen LogP contribution in [0.25, 0.3) is 10.9 Å². The molecular weight excluding hydrogens is 438 g/mol. The topological polar surface area (TPSA) is 80.2 Å². The van der Waals surface area contributed by atoms with Gasteiger partial charge in [0.2, 0.25) is 5.91 Å². The van der Waals surface area contributed by atoms with E-state index in [1.54, 1.807) is 24.3 Å². The second kappa shape index (κ2) is 17.1. The molecule has 2 amide bonds. The van der Waals surface area contributed by atoms with Crippen molar-refractivity contribution in [3.8, 4) is 0 Å². The van der Waals surface area contributed by atoms with E-state index < -0.39 is 0 Å². The van der Waals surface area contributed by atoms with E-state index in [1.807, 2.05) is 28.8 Å². The third kappa shape index (κ3) is 8.09. The first-order valence-electron chi connectivity index (χ1n) is 8.84. The summed E-state index contributed by atoms with van der Waals surface area (Å²) in [7, 11) is 0. The number of rotatable bonds is 4. The number of carbonyl (C=O) groups excluding carboxylic acids is 3. The zero-order chi connectivity index (χ0) is 19.0. The highest BCUT2D eigenvalue weighted by Crippen LogP contribution is 2.28. The molecule has 0 unspecified atom stereocenters. The third-order valence-electron chi connectivity index (χ3n) is 4.83. The van der Waals surface area contributed by atoms with Gasteiger partial charge >= 0.3 is 0 Å². The third-order valence-corrected chi connectivity index (χ3v) is 4.83. The Hall–Kier alpha value is -3.41. The lowest BCUT2D eigenvalue weighted by atomic mass is 10.1. The van der Waals surface area contributed by atoms with Crippen molar-refractivity contribution in [3.05, 3.63) is 65.4 Å². The summed E-state index contributed by atoms with van der Waals surface area (Å²) in [5.41, 5.74) is 3.66. The number of fused-ring (bicyclic) bond motifs is 3. The molecule has 1 aromatic heterocycles.